The molecule has 0 bridgehead atoms. The van der Waals surface area contributed by atoms with E-state index in [0.29, 0.717) is 33.7 Å². The van der Waals surface area contributed by atoms with Gasteiger partial charge in [0.25, 0.3) is 5.91 Å². The van der Waals surface area contributed by atoms with Gasteiger partial charge in [-0.05, 0) is 26.0 Å². The van der Waals surface area contributed by atoms with Crippen molar-refractivity contribution < 1.29 is 9.53 Å². The number of likely N-dealkylation sites (N-methyl/N-ethyl adjacent to an activating group) is 1. The monoisotopic (exact) mass is 342 g/mol. The van der Waals surface area contributed by atoms with Crippen LogP contribution in [-0.4, -0.2) is 45.9 Å². The molecule has 6 nitrogen and oxygen atoms in total. The molecule has 0 spiro atoms. The number of hydrogen-bond donors (Lipinski definition) is 1. The molecule has 1 aromatic carbocycles. The number of amides is 1. The predicted molar refractivity (Wildman–Crippen MR) is 84.6 cm³/mol. The van der Waals surface area contributed by atoms with Crippen molar-refractivity contribution in [3.8, 4) is 5.75 Å². The number of carbonyl (C=O) groups excluding carboxylic acids is 1. The van der Waals surface area contributed by atoms with Crippen LogP contribution in [0.5, 0.6) is 5.75 Å². The van der Waals surface area contributed by atoms with E-state index in [-0.39, 0.29) is 12.0 Å². The van der Waals surface area contributed by atoms with Crippen molar-refractivity contribution in [2.24, 2.45) is 0 Å². The molecule has 0 radical (unpaired) electrons. The summed E-state index contributed by atoms with van der Waals surface area (Å²) in [6, 6.07) is 5.04. The van der Waals surface area contributed by atoms with E-state index in [0.717, 1.165) is 0 Å². The molecule has 0 saturated heterocycles. The Morgan fingerprint density at radius 1 is 1.36 bits per heavy atom. The van der Waals surface area contributed by atoms with Crippen LogP contribution in [0.1, 0.15) is 23.1 Å². The van der Waals surface area contributed by atoms with Gasteiger partial charge in [0.2, 0.25) is 0 Å². The quantitative estimate of drug-likeness (QED) is 0.906. The number of aromatic amines is 1. The van der Waals surface area contributed by atoms with Crippen LogP contribution in [0.3, 0.4) is 0 Å². The number of aryl methyl sites for hydroxylation is 1. The molecule has 118 valence electrons. The Morgan fingerprint density at radius 2 is 2.09 bits per heavy atom. The minimum absolute atomic E-state index is 0.212. The van der Waals surface area contributed by atoms with Crippen LogP contribution in [0.15, 0.2) is 18.2 Å². The lowest BCUT2D eigenvalue weighted by atomic mass is 10.3. The minimum atomic E-state index is -0.224. The molecule has 1 amide bonds. The molecule has 2 rings (SSSR count). The molecule has 0 unspecified atom stereocenters. The van der Waals surface area contributed by atoms with Crippen molar-refractivity contribution >= 4 is 29.1 Å². The molecule has 1 N–H and O–H groups in total. The molecule has 1 atom stereocenters. The second-order valence-electron chi connectivity index (χ2n) is 4.95. The number of nitrogens with one attached hydrogen (secondary N) is 1. The Labute approximate surface area is 138 Å². The summed E-state index contributed by atoms with van der Waals surface area (Å²) in [5.41, 5.74) is 0.874. The molecule has 2 aromatic rings. The molecular formula is C14H16Cl2N4O2. The number of hydrogen-bond acceptors (Lipinski definition) is 4. The van der Waals surface area contributed by atoms with Gasteiger partial charge < -0.3 is 9.64 Å². The Morgan fingerprint density at radius 3 is 2.68 bits per heavy atom. The molecule has 0 fully saturated rings. The van der Waals surface area contributed by atoms with Crippen LogP contribution in [0, 0.1) is 6.92 Å². The van der Waals surface area contributed by atoms with Crippen molar-refractivity contribution in [2.75, 3.05) is 13.6 Å². The summed E-state index contributed by atoms with van der Waals surface area (Å²) in [5, 5.41) is 11.0. The Bertz CT molecular complexity index is 675. The minimum Gasteiger partial charge on any atom is -0.489 e. The van der Waals surface area contributed by atoms with E-state index < -0.39 is 0 Å². The van der Waals surface area contributed by atoms with Gasteiger partial charge in [-0.3, -0.25) is 4.79 Å². The second kappa shape index (κ2) is 6.98. The lowest BCUT2D eigenvalue weighted by Crippen LogP contribution is -2.36. The molecular weight excluding hydrogens is 327 g/mol. The first-order chi connectivity index (χ1) is 10.4. The number of aromatic nitrogens is 3. The Kier molecular flexibility index (Phi) is 5.26. The zero-order valence-corrected chi connectivity index (χ0v) is 13.9. The van der Waals surface area contributed by atoms with Gasteiger partial charge in [-0.1, -0.05) is 23.2 Å². The fraction of sp³-hybridized carbons (Fsp3) is 0.357. The summed E-state index contributed by atoms with van der Waals surface area (Å²) in [4.78, 5) is 13.8. The Balaban J connectivity index is 1.96. The number of nitrogens with zero attached hydrogens (tertiary/aromatic N) is 3. The fourth-order valence-corrected chi connectivity index (χ4v) is 2.24. The van der Waals surface area contributed by atoms with Gasteiger partial charge in [0.05, 0.1) is 22.3 Å². The number of benzene rings is 1. The van der Waals surface area contributed by atoms with E-state index in [1.807, 2.05) is 6.92 Å². The van der Waals surface area contributed by atoms with Gasteiger partial charge in [-0.15, -0.1) is 0 Å². The first-order valence-electron chi connectivity index (χ1n) is 6.63. The van der Waals surface area contributed by atoms with E-state index >= 15 is 0 Å². The lowest BCUT2D eigenvalue weighted by molar-refractivity contribution is 0.0720. The van der Waals surface area contributed by atoms with E-state index in [2.05, 4.69) is 15.4 Å². The van der Waals surface area contributed by atoms with Crippen molar-refractivity contribution in [1.82, 2.24) is 20.3 Å². The maximum Gasteiger partial charge on any atom is 0.276 e. The number of ether oxygens (including phenoxy) is 1. The molecule has 22 heavy (non-hydrogen) atoms. The first-order valence-corrected chi connectivity index (χ1v) is 7.38. The zero-order chi connectivity index (χ0) is 16.3. The fourth-order valence-electron chi connectivity index (χ4n) is 1.96. The maximum absolute atomic E-state index is 12.2. The van der Waals surface area contributed by atoms with E-state index in [1.54, 1.807) is 32.2 Å². The zero-order valence-electron chi connectivity index (χ0n) is 12.4. The van der Waals surface area contributed by atoms with E-state index in [4.69, 9.17) is 27.9 Å². The van der Waals surface area contributed by atoms with Crippen LogP contribution in [-0.2, 0) is 0 Å². The lowest BCUT2D eigenvalue weighted by Gasteiger charge is -2.22. The highest BCUT2D eigenvalue weighted by Crippen LogP contribution is 2.26. The average Bonchev–Trinajstić information content (AvgIpc) is 2.88. The smallest absolute Gasteiger partial charge is 0.276 e. The highest BCUT2D eigenvalue weighted by molar-refractivity contribution is 6.42. The van der Waals surface area contributed by atoms with Crippen molar-refractivity contribution in [2.45, 2.75) is 20.0 Å². The summed E-state index contributed by atoms with van der Waals surface area (Å²) in [6.07, 6.45) is -0.224. The first kappa shape index (κ1) is 16.6. The van der Waals surface area contributed by atoms with E-state index in [9.17, 15) is 4.79 Å². The van der Waals surface area contributed by atoms with Gasteiger partial charge in [-0.2, -0.15) is 15.4 Å². The molecule has 0 aliphatic rings. The van der Waals surface area contributed by atoms with Crippen LogP contribution < -0.4 is 4.74 Å². The van der Waals surface area contributed by atoms with Gasteiger partial charge >= 0.3 is 0 Å². The summed E-state index contributed by atoms with van der Waals surface area (Å²) in [5.74, 6) is 0.385. The predicted octanol–water partition coefficient (Wildman–Crippen LogP) is 2.96. The largest absolute Gasteiger partial charge is 0.489 e. The normalized spacial score (nSPS) is 12.0. The van der Waals surface area contributed by atoms with Gasteiger partial charge in [0.1, 0.15) is 11.9 Å². The maximum atomic E-state index is 12.2. The topological polar surface area (TPSA) is 71.1 Å². The SMILES string of the molecule is Cc1n[nH]nc1C(=O)N(C)C[C@@H](C)Oc1ccc(Cl)c(Cl)c1. The molecule has 1 heterocycles. The molecule has 8 heteroatoms. The van der Waals surface area contributed by atoms with Crippen LogP contribution in [0.4, 0.5) is 0 Å². The molecule has 1 aromatic heterocycles. The van der Waals surface area contributed by atoms with Crippen molar-refractivity contribution in [3.63, 3.8) is 0 Å². The van der Waals surface area contributed by atoms with Crippen molar-refractivity contribution in [3.05, 3.63) is 39.6 Å². The van der Waals surface area contributed by atoms with Gasteiger partial charge in [0, 0.05) is 13.1 Å². The Hall–Kier alpha value is -1.79. The van der Waals surface area contributed by atoms with Crippen LogP contribution >= 0.6 is 23.2 Å². The van der Waals surface area contributed by atoms with Crippen molar-refractivity contribution in [1.29, 1.82) is 0 Å². The third-order valence-electron chi connectivity index (χ3n) is 3.03. The third kappa shape index (κ3) is 3.90. The third-order valence-corrected chi connectivity index (χ3v) is 3.77. The average molecular weight is 343 g/mol. The molecule has 0 aliphatic heterocycles. The standard InChI is InChI=1S/C14H16Cl2N4O2/c1-8(22-10-4-5-11(15)12(16)6-10)7-20(3)14(21)13-9(2)17-19-18-13/h4-6,8H,7H2,1-3H3,(H,17,18,19)/t8-/m1/s1. The summed E-state index contributed by atoms with van der Waals surface area (Å²) < 4.78 is 5.74. The molecule has 0 aliphatic carbocycles. The van der Waals surface area contributed by atoms with Crippen LogP contribution in [0.2, 0.25) is 10.0 Å². The highest BCUT2D eigenvalue weighted by Gasteiger charge is 2.20. The molecule has 0 saturated carbocycles. The van der Waals surface area contributed by atoms with Gasteiger partial charge in [-0.25, -0.2) is 0 Å². The second-order valence-corrected chi connectivity index (χ2v) is 5.76. The number of rotatable bonds is 5. The summed E-state index contributed by atoms with van der Waals surface area (Å²) in [7, 11) is 1.69. The van der Waals surface area contributed by atoms with Crippen LogP contribution in [0.25, 0.3) is 0 Å². The summed E-state index contributed by atoms with van der Waals surface area (Å²) in [6.45, 7) is 3.98. The number of H-pyrrole nitrogens is 1. The highest BCUT2D eigenvalue weighted by atomic mass is 35.5. The number of carbonyl (C=O) groups is 1. The van der Waals surface area contributed by atoms with E-state index in [1.165, 1.54) is 4.90 Å². The number of halogens is 2. The summed E-state index contributed by atoms with van der Waals surface area (Å²) >= 11 is 11.8. The van der Waals surface area contributed by atoms with Gasteiger partial charge in [0.15, 0.2) is 5.69 Å².